The van der Waals surface area contributed by atoms with Crippen LogP contribution in [0.3, 0.4) is 0 Å². The number of benzene rings is 1. The Morgan fingerprint density at radius 2 is 1.72 bits per heavy atom. The van der Waals surface area contributed by atoms with Gasteiger partial charge in [0.25, 0.3) is 5.91 Å². The van der Waals surface area contributed by atoms with Crippen LogP contribution in [0.2, 0.25) is 0 Å². The Hall–Kier alpha value is -4.46. The molecule has 5 atom stereocenters. The molecule has 13 nitrogen and oxygen atoms in total. The van der Waals surface area contributed by atoms with Crippen molar-refractivity contribution in [1.82, 2.24) is 25.2 Å². The third-order valence-corrected chi connectivity index (χ3v) is 10.8. The molecule has 2 aromatic rings. The summed E-state index contributed by atoms with van der Waals surface area (Å²) in [6.07, 6.45) is 4.42. The number of nitrogens with one attached hydrogen (secondary N) is 3. The molecule has 3 fully saturated rings. The molecule has 1 saturated heterocycles. The fraction of sp³-hybridized carbons (Fsp3) is 0.528. The zero-order valence-electron chi connectivity index (χ0n) is 29.4. The number of aromatic nitrogens is 1. The molecule has 0 bridgehead atoms. The highest BCUT2D eigenvalue weighted by Gasteiger charge is 2.62. The van der Waals surface area contributed by atoms with E-state index in [1.807, 2.05) is 36.4 Å². The summed E-state index contributed by atoms with van der Waals surface area (Å²) >= 11 is 0. The van der Waals surface area contributed by atoms with E-state index in [4.69, 9.17) is 9.47 Å². The maximum Gasteiger partial charge on any atom is 0.408 e. The first-order valence-electron chi connectivity index (χ1n) is 16.8. The van der Waals surface area contributed by atoms with E-state index in [-0.39, 0.29) is 19.4 Å². The highest BCUT2D eigenvalue weighted by atomic mass is 32.2. The van der Waals surface area contributed by atoms with Gasteiger partial charge in [-0.25, -0.2) is 13.2 Å². The van der Waals surface area contributed by atoms with Gasteiger partial charge in [-0.3, -0.25) is 24.1 Å². The van der Waals surface area contributed by atoms with Gasteiger partial charge in [0, 0.05) is 24.1 Å². The minimum Gasteiger partial charge on any atom is -0.487 e. The second-order valence-corrected chi connectivity index (χ2v) is 17.3. The fourth-order valence-electron chi connectivity index (χ4n) is 6.10. The number of pyridine rings is 1. The van der Waals surface area contributed by atoms with Crippen LogP contribution in [0.25, 0.3) is 11.1 Å². The van der Waals surface area contributed by atoms with Crippen molar-refractivity contribution >= 4 is 33.8 Å². The van der Waals surface area contributed by atoms with E-state index >= 15 is 0 Å². The summed E-state index contributed by atoms with van der Waals surface area (Å²) in [7, 11) is -3.89. The Morgan fingerprint density at radius 3 is 2.30 bits per heavy atom. The summed E-state index contributed by atoms with van der Waals surface area (Å²) in [6.45, 7) is 14.2. The zero-order valence-corrected chi connectivity index (χ0v) is 30.2. The van der Waals surface area contributed by atoms with Crippen molar-refractivity contribution in [3.63, 3.8) is 0 Å². The number of rotatable bonds is 11. The summed E-state index contributed by atoms with van der Waals surface area (Å²) < 4.78 is 39.2. The first kappa shape index (κ1) is 36.8. The van der Waals surface area contributed by atoms with Crippen LogP contribution >= 0.6 is 0 Å². The molecule has 2 aliphatic carbocycles. The third kappa shape index (κ3) is 8.45. The van der Waals surface area contributed by atoms with Gasteiger partial charge in [-0.15, -0.1) is 6.58 Å². The van der Waals surface area contributed by atoms with Crippen molar-refractivity contribution in [2.24, 2.45) is 11.3 Å². The summed E-state index contributed by atoms with van der Waals surface area (Å²) in [5.74, 6) is -2.12. The minimum atomic E-state index is -3.89. The van der Waals surface area contributed by atoms with Crippen LogP contribution in [0.5, 0.6) is 5.75 Å². The molecule has 4 amide bonds. The monoisotopic (exact) mass is 709 g/mol. The van der Waals surface area contributed by atoms with Crippen LogP contribution in [0.1, 0.15) is 67.2 Å². The number of carbonyl (C=O) groups is 4. The predicted octanol–water partition coefficient (Wildman–Crippen LogP) is 3.71. The number of alkyl carbamates (subject to hydrolysis) is 1. The van der Waals surface area contributed by atoms with Gasteiger partial charge in [-0.1, -0.05) is 57.2 Å². The Balaban J connectivity index is 1.42. The Bertz CT molecular complexity index is 1750. The molecular formula is C36H47N5O8S. The minimum absolute atomic E-state index is 0.0186. The lowest BCUT2D eigenvalue weighted by Crippen LogP contribution is -2.60. The average Bonchev–Trinajstić information content (AvgIpc) is 3.96. The van der Waals surface area contributed by atoms with Gasteiger partial charge in [-0.2, -0.15) is 0 Å². The van der Waals surface area contributed by atoms with E-state index in [2.05, 4.69) is 26.9 Å². The van der Waals surface area contributed by atoms with E-state index in [1.54, 1.807) is 53.9 Å². The van der Waals surface area contributed by atoms with Crippen molar-refractivity contribution in [1.29, 1.82) is 0 Å². The summed E-state index contributed by atoms with van der Waals surface area (Å²) in [6, 6.07) is 9.21. The molecule has 3 aliphatic rings. The number of likely N-dealkylation sites (tertiary alicyclic amines) is 1. The molecule has 5 rings (SSSR count). The second-order valence-electron chi connectivity index (χ2n) is 15.4. The number of sulfonamides is 1. The Kier molecular flexibility index (Phi) is 10.1. The average molecular weight is 710 g/mol. The number of nitrogens with zero attached hydrogens (tertiary/aromatic N) is 2. The van der Waals surface area contributed by atoms with E-state index in [1.165, 1.54) is 11.0 Å². The standard InChI is InChI=1S/C36H47N5O8S/c1-8-24-18-36(24,32(44)40-50(46,47)27-14-15-27)39-30(42)28-17-26(48-25-16-23(19-37-20-25)22-12-10-9-11-13-22)21-41(28)31(43)29(34(2,3)4)38-33(45)49-35(5,6)7/h8-13,16,19-20,24,26-29H,1,14-15,17-18,21H2,2-7H3,(H,38,45)(H,39,42)(H,40,44)/t24-,26-,28+,29-,36-/m1/s1. The number of hydrogen-bond acceptors (Lipinski definition) is 9. The molecule has 2 saturated carbocycles. The van der Waals surface area contributed by atoms with Crippen LogP contribution in [-0.4, -0.2) is 83.2 Å². The van der Waals surface area contributed by atoms with Crippen molar-refractivity contribution < 1.29 is 37.1 Å². The van der Waals surface area contributed by atoms with Gasteiger partial charge in [0.1, 0.15) is 35.1 Å². The first-order valence-corrected chi connectivity index (χ1v) is 18.4. The van der Waals surface area contributed by atoms with Crippen molar-refractivity contribution in [2.45, 2.75) is 102 Å². The number of carbonyl (C=O) groups excluding carboxylic acids is 4. The normalized spacial score (nSPS) is 24.0. The summed E-state index contributed by atoms with van der Waals surface area (Å²) in [5, 5.41) is 4.84. The fourth-order valence-corrected chi connectivity index (χ4v) is 7.46. The quantitative estimate of drug-likeness (QED) is 0.294. The molecule has 1 aromatic heterocycles. The maximum atomic E-state index is 14.4. The predicted molar refractivity (Wildman–Crippen MR) is 186 cm³/mol. The van der Waals surface area contributed by atoms with Crippen LogP contribution in [0.15, 0.2) is 61.4 Å². The van der Waals surface area contributed by atoms with Crippen molar-refractivity contribution in [3.05, 3.63) is 61.4 Å². The third-order valence-electron chi connectivity index (χ3n) is 8.99. The Labute approximate surface area is 293 Å². The molecule has 3 N–H and O–H groups in total. The molecule has 0 unspecified atom stereocenters. The summed E-state index contributed by atoms with van der Waals surface area (Å²) in [5.41, 5.74) is -1.41. The Morgan fingerprint density at radius 1 is 1.04 bits per heavy atom. The topological polar surface area (TPSA) is 173 Å². The molecule has 50 heavy (non-hydrogen) atoms. The lowest BCUT2D eigenvalue weighted by Gasteiger charge is -2.36. The smallest absolute Gasteiger partial charge is 0.408 e. The maximum absolute atomic E-state index is 14.4. The van der Waals surface area contributed by atoms with Crippen molar-refractivity contribution in [2.75, 3.05) is 6.54 Å². The molecule has 0 spiro atoms. The number of ether oxygens (including phenoxy) is 2. The number of hydrogen-bond donors (Lipinski definition) is 3. The number of amides is 4. The van der Waals surface area contributed by atoms with E-state index in [9.17, 15) is 27.6 Å². The molecule has 0 radical (unpaired) electrons. The lowest BCUT2D eigenvalue weighted by atomic mass is 9.85. The lowest BCUT2D eigenvalue weighted by molar-refractivity contribution is -0.143. The molecular weight excluding hydrogens is 662 g/mol. The van der Waals surface area contributed by atoms with Crippen LogP contribution < -0.4 is 20.1 Å². The van der Waals surface area contributed by atoms with Crippen molar-refractivity contribution in [3.8, 4) is 16.9 Å². The molecule has 2 heterocycles. The molecule has 270 valence electrons. The van der Waals surface area contributed by atoms with Gasteiger partial charge in [0.2, 0.25) is 21.8 Å². The van der Waals surface area contributed by atoms with Crippen LogP contribution in [-0.2, 0) is 29.1 Å². The van der Waals surface area contributed by atoms with Gasteiger partial charge in [-0.05, 0) is 57.1 Å². The van der Waals surface area contributed by atoms with Crippen LogP contribution in [0.4, 0.5) is 4.79 Å². The van der Waals surface area contributed by atoms with Gasteiger partial charge in [0.15, 0.2) is 0 Å². The van der Waals surface area contributed by atoms with Crippen LogP contribution in [0, 0.1) is 11.3 Å². The first-order chi connectivity index (χ1) is 23.3. The highest BCUT2D eigenvalue weighted by molar-refractivity contribution is 7.91. The second kappa shape index (κ2) is 13.7. The molecule has 1 aromatic carbocycles. The van der Waals surface area contributed by atoms with E-state index < -0.39 is 79.7 Å². The summed E-state index contributed by atoms with van der Waals surface area (Å²) in [4.78, 5) is 60.5. The highest BCUT2D eigenvalue weighted by Crippen LogP contribution is 2.45. The van der Waals surface area contributed by atoms with Gasteiger partial charge in [0.05, 0.1) is 18.0 Å². The molecule has 14 heteroatoms. The van der Waals surface area contributed by atoms with E-state index in [0.29, 0.717) is 18.6 Å². The zero-order chi connectivity index (χ0) is 36.6. The largest absolute Gasteiger partial charge is 0.487 e. The van der Waals surface area contributed by atoms with E-state index in [0.717, 1.165) is 11.1 Å². The molecule has 1 aliphatic heterocycles. The SMILES string of the molecule is C=C[C@@H]1C[C@]1(NC(=O)[C@@H]1C[C@@H](Oc2cncc(-c3ccccc3)c2)CN1C(=O)[C@@H](NC(=O)OC(C)(C)C)C(C)(C)C)C(=O)NS(=O)(=O)C1CC1. The van der Waals surface area contributed by atoms with Gasteiger partial charge < -0.3 is 25.0 Å². The van der Waals surface area contributed by atoms with Gasteiger partial charge >= 0.3 is 6.09 Å².